The van der Waals surface area contributed by atoms with Crippen LogP contribution in [0.4, 0.5) is 0 Å². The van der Waals surface area contributed by atoms with Crippen LogP contribution in [0.1, 0.15) is 0 Å². The molecule has 0 aromatic rings. The monoisotopic (exact) mass is 928 g/mol. The number of rotatable bonds is 4. The van der Waals surface area contributed by atoms with E-state index in [9.17, 15) is 0 Å². The zero-order valence-electron chi connectivity index (χ0n) is 27.8. The third-order valence-corrected chi connectivity index (χ3v) is 14.4. The van der Waals surface area contributed by atoms with Crippen LogP contribution in [-0.2, 0) is 0 Å². The van der Waals surface area contributed by atoms with E-state index < -0.39 is 32.3 Å². The van der Waals surface area contributed by atoms with Gasteiger partial charge in [-0.1, -0.05) is 78.6 Å². The van der Waals surface area contributed by atoms with Crippen molar-refractivity contribution in [1.29, 1.82) is 0 Å². The molecule has 0 amide bonds. The normalized spacial score (nSPS) is 20.7. The number of hydrogen-bond donors (Lipinski definition) is 0. The third kappa shape index (κ3) is 22.0. The molecule has 6 heteroatoms. The first kappa shape index (κ1) is 50.2. The maximum atomic E-state index is 2.36. The predicted molar refractivity (Wildman–Crippen MR) is 188 cm³/mol. The van der Waals surface area contributed by atoms with E-state index in [2.05, 4.69) is 181 Å². The fourth-order valence-electron chi connectivity index (χ4n) is 3.50. The minimum atomic E-state index is -0.981. The summed E-state index contributed by atoms with van der Waals surface area (Å²) in [5, 5.41) is 0. The van der Waals surface area contributed by atoms with Gasteiger partial charge in [-0.15, -0.1) is 0 Å². The maximum Gasteiger partial charge on any atom is 0.0516 e. The second-order valence-electron chi connectivity index (χ2n) is 13.7. The van der Waals surface area contributed by atoms with Gasteiger partial charge in [0.05, 0.1) is 32.3 Å². The molecule has 4 fully saturated rings. The Kier molecular flexibility index (Phi) is 29.6. The van der Waals surface area contributed by atoms with Crippen molar-refractivity contribution in [3.05, 3.63) is 140 Å². The van der Waals surface area contributed by atoms with Gasteiger partial charge in [0, 0.05) is 73.7 Å². The molecule has 40 heavy (non-hydrogen) atoms. The van der Waals surface area contributed by atoms with Gasteiger partial charge in [0.2, 0.25) is 0 Å². The van der Waals surface area contributed by atoms with Gasteiger partial charge >= 0.3 is 0 Å². The van der Waals surface area contributed by atoms with Crippen molar-refractivity contribution < 1.29 is 73.7 Å². The van der Waals surface area contributed by atoms with Crippen molar-refractivity contribution in [3.8, 4) is 0 Å². The molecule has 0 unspecified atom stereocenters. The summed E-state index contributed by atoms with van der Waals surface area (Å²) in [6, 6.07) is 0. The Hall–Kier alpha value is 3.34. The Morgan fingerprint density at radius 2 is 0.375 bits per heavy atom. The van der Waals surface area contributed by atoms with Gasteiger partial charge in [-0.05, 0) is 125 Å². The van der Waals surface area contributed by atoms with Crippen LogP contribution in [0.2, 0.25) is 78.6 Å². The minimum absolute atomic E-state index is 0. The molecule has 4 aliphatic rings. The zero-order valence-corrected chi connectivity index (χ0v) is 35.1. The van der Waals surface area contributed by atoms with Crippen molar-refractivity contribution in [2.45, 2.75) is 78.6 Å². The Balaban J connectivity index is -0.000000209. The molecular weight excluding hydrogens is 871 g/mol. The molecule has 4 rings (SSSR count). The molecule has 0 aromatic heterocycles. The van der Waals surface area contributed by atoms with E-state index in [4.69, 9.17) is 0 Å². The summed E-state index contributed by atoms with van der Waals surface area (Å²) in [4.78, 5) is 0. The summed E-state index contributed by atoms with van der Waals surface area (Å²) in [7, 11) is -3.92. The van der Waals surface area contributed by atoms with Crippen LogP contribution in [0.3, 0.4) is 0 Å². The van der Waals surface area contributed by atoms with E-state index in [1.165, 1.54) is 0 Å². The van der Waals surface area contributed by atoms with E-state index >= 15 is 0 Å². The van der Waals surface area contributed by atoms with Crippen molar-refractivity contribution in [2.75, 3.05) is 0 Å². The SMILES string of the molecule is C[Si](C)(C)[C]1[CH][CH][CH][CH]1.C[Si](C)(C)[C]1[CH][CH][CH][CH]1.C[Si](C)(C)[C]1[CH][CH][CH][CH]1.C[Si](C)(C)[C]1[CH][CH][CH][CH]1.[CH3-].[CH3-].[Lu].[Lu]. The fraction of sp³-hybridized carbons (Fsp3) is 0.353. The number of hydrogen-bond acceptors (Lipinski definition) is 0. The van der Waals surface area contributed by atoms with Crippen LogP contribution in [0.15, 0.2) is 0 Å². The summed E-state index contributed by atoms with van der Waals surface area (Å²) in [6.07, 6.45) is 34.8. The van der Waals surface area contributed by atoms with Crippen LogP contribution in [-0.4, -0.2) is 32.3 Å². The second-order valence-corrected chi connectivity index (χ2v) is 34.0. The summed E-state index contributed by atoms with van der Waals surface area (Å²) < 4.78 is 0. The van der Waals surface area contributed by atoms with Crippen molar-refractivity contribution in [1.82, 2.24) is 0 Å². The van der Waals surface area contributed by atoms with Crippen LogP contribution in [0, 0.1) is 214 Å². The van der Waals surface area contributed by atoms with Gasteiger partial charge < -0.3 is 14.9 Å². The molecule has 0 nitrogen and oxygen atoms in total. The summed E-state index contributed by atoms with van der Waals surface area (Å²) in [5.41, 5.74) is 6.23. The summed E-state index contributed by atoms with van der Waals surface area (Å²) in [6.45, 7) is 28.4. The van der Waals surface area contributed by atoms with Crippen molar-refractivity contribution in [3.63, 3.8) is 0 Å². The van der Waals surface area contributed by atoms with Gasteiger partial charge in [-0.2, -0.15) is 0 Å². The van der Waals surface area contributed by atoms with Crippen molar-refractivity contribution in [2.24, 2.45) is 0 Å². The van der Waals surface area contributed by atoms with Gasteiger partial charge in [0.15, 0.2) is 0 Å². The average Bonchev–Trinajstić information content (AvgIpc) is 3.57. The standard InChI is InChI=1S/4C8H13Si.2CH3.2Lu/c4*1-9(2,3)8-6-4-5-7-8;;;;/h4*4-7H,1-3H3;2*1H3;;/q;;;;2*-1;;. The molecule has 0 heterocycles. The molecule has 22 radical (unpaired) electrons. The average molecular weight is 929 g/mol. The molecule has 4 saturated carbocycles. The quantitative estimate of drug-likeness (QED) is 0.195. The van der Waals surface area contributed by atoms with Crippen LogP contribution >= 0.6 is 0 Å². The Morgan fingerprint density at radius 1 is 0.275 bits per heavy atom. The van der Waals surface area contributed by atoms with E-state index in [0.717, 1.165) is 0 Å². The van der Waals surface area contributed by atoms with E-state index in [0.29, 0.717) is 0 Å². The molecule has 0 spiro atoms. The second kappa shape index (κ2) is 23.6. The van der Waals surface area contributed by atoms with Gasteiger partial charge in [-0.3, -0.25) is 0 Å². The molecule has 0 aromatic carbocycles. The van der Waals surface area contributed by atoms with E-state index in [-0.39, 0.29) is 88.6 Å². The molecule has 0 aliphatic heterocycles. The molecule has 0 bridgehead atoms. The molecule has 4 aliphatic carbocycles. The molecule has 0 atom stereocenters. The Bertz CT molecular complexity index is 457. The molecule has 0 saturated heterocycles. The predicted octanol–water partition coefficient (Wildman–Crippen LogP) is 9.98. The Labute approximate surface area is 320 Å². The van der Waals surface area contributed by atoms with Crippen molar-refractivity contribution >= 4 is 32.3 Å². The zero-order chi connectivity index (χ0) is 27.6. The van der Waals surface area contributed by atoms with E-state index in [1.807, 2.05) is 0 Å². The largest absolute Gasteiger partial charge is 0.358 e. The topological polar surface area (TPSA) is 0 Å². The third-order valence-electron chi connectivity index (χ3n) is 6.11. The van der Waals surface area contributed by atoms with Gasteiger partial charge in [0.25, 0.3) is 0 Å². The van der Waals surface area contributed by atoms with Gasteiger partial charge in [0.1, 0.15) is 0 Å². The van der Waals surface area contributed by atoms with Gasteiger partial charge in [-0.25, -0.2) is 0 Å². The minimum Gasteiger partial charge on any atom is -0.358 e. The van der Waals surface area contributed by atoms with Crippen LogP contribution in [0.25, 0.3) is 0 Å². The molecule has 242 valence electrons. The summed E-state index contributed by atoms with van der Waals surface area (Å²) in [5.74, 6) is 0. The van der Waals surface area contributed by atoms with E-state index in [1.54, 1.807) is 22.2 Å². The first-order valence-electron chi connectivity index (χ1n) is 13.3. The fourth-order valence-corrected chi connectivity index (χ4v) is 8.27. The smallest absolute Gasteiger partial charge is 0.0516 e. The van der Waals surface area contributed by atoms with Crippen LogP contribution < -0.4 is 0 Å². The Morgan fingerprint density at radius 3 is 0.425 bits per heavy atom. The molecular formula is C34H58Lu2Si4-2. The first-order chi connectivity index (χ1) is 16.4. The van der Waals surface area contributed by atoms with Crippen LogP contribution in [0.5, 0.6) is 0 Å². The summed E-state index contributed by atoms with van der Waals surface area (Å²) >= 11 is 0. The first-order valence-corrected chi connectivity index (χ1v) is 27.3. The molecule has 0 N–H and O–H groups in total. The maximum absolute atomic E-state index is 2.36.